The molecular formula is C20H36IN7. The summed E-state index contributed by atoms with van der Waals surface area (Å²) >= 11 is 0. The van der Waals surface area contributed by atoms with Crippen LogP contribution in [0.1, 0.15) is 33.1 Å². The lowest BCUT2D eigenvalue weighted by molar-refractivity contribution is 0.188. The molecule has 1 N–H and O–H groups in total. The third kappa shape index (κ3) is 6.72. The van der Waals surface area contributed by atoms with Crippen molar-refractivity contribution in [2.75, 3.05) is 63.8 Å². The molecule has 0 bridgehead atoms. The second-order valence-corrected chi connectivity index (χ2v) is 7.42. The van der Waals surface area contributed by atoms with Crippen LogP contribution < -0.4 is 10.2 Å². The maximum Gasteiger partial charge on any atom is 0.225 e. The Bertz CT molecular complexity index is 567. The SMILES string of the molecule is CCNC(=NCCC1CCN(CC)CC1)N1CCN(c2ncccn2)CC1.I. The fourth-order valence-corrected chi connectivity index (χ4v) is 3.94. The molecular weight excluding hydrogens is 465 g/mol. The van der Waals surface area contributed by atoms with Gasteiger partial charge < -0.3 is 20.0 Å². The molecule has 1 aromatic heterocycles. The number of guanidine groups is 1. The predicted molar refractivity (Wildman–Crippen MR) is 127 cm³/mol. The first-order chi connectivity index (χ1) is 13.3. The smallest absolute Gasteiger partial charge is 0.225 e. The van der Waals surface area contributed by atoms with E-state index in [1.165, 1.54) is 38.9 Å². The van der Waals surface area contributed by atoms with Gasteiger partial charge in [0.25, 0.3) is 0 Å². The predicted octanol–water partition coefficient (Wildman–Crippen LogP) is 2.30. The molecule has 158 valence electrons. The van der Waals surface area contributed by atoms with E-state index in [0.717, 1.165) is 57.1 Å². The van der Waals surface area contributed by atoms with Gasteiger partial charge in [-0.1, -0.05) is 6.92 Å². The molecule has 0 atom stereocenters. The number of piperazine rings is 1. The summed E-state index contributed by atoms with van der Waals surface area (Å²) < 4.78 is 0. The lowest BCUT2D eigenvalue weighted by Gasteiger charge is -2.36. The average Bonchev–Trinajstić information content (AvgIpc) is 2.74. The summed E-state index contributed by atoms with van der Waals surface area (Å²) in [4.78, 5) is 20.9. The van der Waals surface area contributed by atoms with Gasteiger partial charge in [-0.05, 0) is 57.8 Å². The summed E-state index contributed by atoms with van der Waals surface area (Å²) in [6, 6.07) is 1.86. The largest absolute Gasteiger partial charge is 0.357 e. The maximum absolute atomic E-state index is 4.94. The molecule has 0 aromatic carbocycles. The molecule has 3 rings (SSSR count). The van der Waals surface area contributed by atoms with Crippen molar-refractivity contribution < 1.29 is 0 Å². The van der Waals surface area contributed by atoms with Gasteiger partial charge in [0.1, 0.15) is 0 Å². The molecule has 2 fully saturated rings. The van der Waals surface area contributed by atoms with Crippen molar-refractivity contribution in [3.05, 3.63) is 18.5 Å². The van der Waals surface area contributed by atoms with Crippen molar-refractivity contribution in [1.29, 1.82) is 0 Å². The van der Waals surface area contributed by atoms with E-state index in [4.69, 9.17) is 4.99 Å². The molecule has 0 spiro atoms. The minimum Gasteiger partial charge on any atom is -0.357 e. The van der Waals surface area contributed by atoms with Gasteiger partial charge in [-0.3, -0.25) is 4.99 Å². The van der Waals surface area contributed by atoms with Crippen molar-refractivity contribution in [1.82, 2.24) is 25.1 Å². The number of hydrogen-bond donors (Lipinski definition) is 1. The lowest BCUT2D eigenvalue weighted by Crippen LogP contribution is -2.53. The van der Waals surface area contributed by atoms with E-state index in [-0.39, 0.29) is 24.0 Å². The summed E-state index contributed by atoms with van der Waals surface area (Å²) in [5, 5.41) is 3.48. The number of rotatable bonds is 6. The Kier molecular flexibility index (Phi) is 10.3. The van der Waals surface area contributed by atoms with Gasteiger partial charge in [-0.2, -0.15) is 0 Å². The highest BCUT2D eigenvalue weighted by molar-refractivity contribution is 14.0. The van der Waals surface area contributed by atoms with E-state index in [0.29, 0.717) is 0 Å². The number of likely N-dealkylation sites (tertiary alicyclic amines) is 1. The van der Waals surface area contributed by atoms with E-state index < -0.39 is 0 Å². The van der Waals surface area contributed by atoms with Crippen LogP contribution in [0, 0.1) is 5.92 Å². The fourth-order valence-electron chi connectivity index (χ4n) is 3.94. The van der Waals surface area contributed by atoms with Crippen molar-refractivity contribution in [3.8, 4) is 0 Å². The number of nitrogens with one attached hydrogen (secondary N) is 1. The molecule has 1 aromatic rings. The van der Waals surface area contributed by atoms with Crippen molar-refractivity contribution in [2.24, 2.45) is 10.9 Å². The third-order valence-electron chi connectivity index (χ3n) is 5.70. The van der Waals surface area contributed by atoms with Gasteiger partial charge in [-0.15, -0.1) is 24.0 Å². The molecule has 8 heteroatoms. The second kappa shape index (κ2) is 12.4. The third-order valence-corrected chi connectivity index (χ3v) is 5.70. The first kappa shape index (κ1) is 23.1. The topological polar surface area (TPSA) is 59.9 Å². The number of piperidine rings is 1. The molecule has 2 aliphatic rings. The summed E-state index contributed by atoms with van der Waals surface area (Å²) in [6.07, 6.45) is 7.49. The molecule has 28 heavy (non-hydrogen) atoms. The summed E-state index contributed by atoms with van der Waals surface area (Å²) in [6.45, 7) is 13.7. The van der Waals surface area contributed by atoms with Crippen LogP contribution in [0.25, 0.3) is 0 Å². The summed E-state index contributed by atoms with van der Waals surface area (Å²) in [5.41, 5.74) is 0. The second-order valence-electron chi connectivity index (χ2n) is 7.42. The quantitative estimate of drug-likeness (QED) is 0.367. The Morgan fingerprint density at radius 1 is 1.07 bits per heavy atom. The molecule has 7 nitrogen and oxygen atoms in total. The van der Waals surface area contributed by atoms with Crippen LogP contribution in [0.15, 0.2) is 23.5 Å². The van der Waals surface area contributed by atoms with Crippen LogP contribution in [0.3, 0.4) is 0 Å². The van der Waals surface area contributed by atoms with Crippen LogP contribution in [0.2, 0.25) is 0 Å². The van der Waals surface area contributed by atoms with Crippen LogP contribution in [-0.4, -0.2) is 84.6 Å². The van der Waals surface area contributed by atoms with Crippen LogP contribution in [0.4, 0.5) is 5.95 Å². The minimum absolute atomic E-state index is 0. The molecule has 2 saturated heterocycles. The van der Waals surface area contributed by atoms with Gasteiger partial charge in [0.2, 0.25) is 5.95 Å². The monoisotopic (exact) mass is 501 g/mol. The number of aromatic nitrogens is 2. The van der Waals surface area contributed by atoms with Gasteiger partial charge in [-0.25, -0.2) is 9.97 Å². The molecule has 0 unspecified atom stereocenters. The molecule has 3 heterocycles. The van der Waals surface area contributed by atoms with E-state index in [9.17, 15) is 0 Å². The van der Waals surface area contributed by atoms with Crippen LogP contribution >= 0.6 is 24.0 Å². The Balaban J connectivity index is 0.00000280. The molecule has 0 amide bonds. The highest BCUT2D eigenvalue weighted by Gasteiger charge is 2.21. The van der Waals surface area contributed by atoms with Gasteiger partial charge >= 0.3 is 0 Å². The van der Waals surface area contributed by atoms with E-state index >= 15 is 0 Å². The standard InChI is InChI=1S/C20H35N7.HI/c1-3-21-19(24-11-6-18-7-12-25(4-2)13-8-18)26-14-16-27(17-15-26)20-22-9-5-10-23-20;/h5,9-10,18H,3-4,6-8,11-17H2,1-2H3,(H,21,24);1H. The first-order valence-electron chi connectivity index (χ1n) is 10.6. The van der Waals surface area contributed by atoms with Crippen LogP contribution in [0.5, 0.6) is 0 Å². The van der Waals surface area contributed by atoms with Crippen LogP contribution in [-0.2, 0) is 0 Å². The van der Waals surface area contributed by atoms with Crippen molar-refractivity contribution >= 4 is 35.9 Å². The molecule has 0 aliphatic carbocycles. The summed E-state index contributed by atoms with van der Waals surface area (Å²) in [7, 11) is 0. The number of aliphatic imine (C=N–C) groups is 1. The first-order valence-corrected chi connectivity index (χ1v) is 10.6. The zero-order chi connectivity index (χ0) is 18.9. The number of hydrogen-bond acceptors (Lipinski definition) is 5. The lowest BCUT2D eigenvalue weighted by atomic mass is 9.94. The normalized spacial score (nSPS) is 19.4. The van der Waals surface area contributed by atoms with E-state index in [2.05, 4.69) is 43.8 Å². The average molecular weight is 501 g/mol. The zero-order valence-electron chi connectivity index (χ0n) is 17.4. The maximum atomic E-state index is 4.94. The van der Waals surface area contributed by atoms with Crippen molar-refractivity contribution in [3.63, 3.8) is 0 Å². The van der Waals surface area contributed by atoms with Gasteiger partial charge in [0.05, 0.1) is 0 Å². The Hall–Kier alpha value is -1.16. The fraction of sp³-hybridized carbons (Fsp3) is 0.750. The Morgan fingerprint density at radius 3 is 2.36 bits per heavy atom. The highest BCUT2D eigenvalue weighted by atomic mass is 127. The number of halogens is 1. The number of anilines is 1. The van der Waals surface area contributed by atoms with E-state index in [1.54, 1.807) is 0 Å². The van der Waals surface area contributed by atoms with Gasteiger partial charge in [0, 0.05) is 51.7 Å². The van der Waals surface area contributed by atoms with E-state index in [1.807, 2.05) is 18.5 Å². The molecule has 0 saturated carbocycles. The van der Waals surface area contributed by atoms with Crippen molar-refractivity contribution in [2.45, 2.75) is 33.1 Å². The molecule has 2 aliphatic heterocycles. The van der Waals surface area contributed by atoms with Gasteiger partial charge in [0.15, 0.2) is 5.96 Å². The molecule has 0 radical (unpaired) electrons. The zero-order valence-corrected chi connectivity index (χ0v) is 19.7. The Labute approximate surface area is 187 Å². The minimum atomic E-state index is 0. The highest BCUT2D eigenvalue weighted by Crippen LogP contribution is 2.20. The summed E-state index contributed by atoms with van der Waals surface area (Å²) in [5.74, 6) is 2.74. The number of nitrogens with zero attached hydrogens (tertiary/aromatic N) is 6. The Morgan fingerprint density at radius 2 is 1.75 bits per heavy atom.